The van der Waals surface area contributed by atoms with Crippen molar-refractivity contribution >= 4 is 5.91 Å². The number of carbonyl (C=O) groups excluding carboxylic acids is 1. The second-order valence-corrected chi connectivity index (χ2v) is 4.63. The van der Waals surface area contributed by atoms with E-state index in [-0.39, 0.29) is 5.91 Å². The molecule has 17 heavy (non-hydrogen) atoms. The monoisotopic (exact) mass is 236 g/mol. The minimum absolute atomic E-state index is 0.0490. The minimum atomic E-state index is 0.0490. The van der Waals surface area contributed by atoms with Gasteiger partial charge in [-0.3, -0.25) is 4.79 Å². The van der Waals surface area contributed by atoms with Crippen molar-refractivity contribution in [1.82, 2.24) is 14.5 Å². The van der Waals surface area contributed by atoms with Gasteiger partial charge in [-0.1, -0.05) is 0 Å². The third kappa shape index (κ3) is 2.66. The maximum atomic E-state index is 12.2. The standard InChI is InChI=1S/C12H20N4O/c1-10-4-2-3-6-16(10)12(17)11-8-15(7-5-13)9-14-11/h8-10H,2-7,13H2,1H3. The van der Waals surface area contributed by atoms with Crippen LogP contribution in [-0.2, 0) is 6.54 Å². The Morgan fingerprint density at radius 3 is 3.12 bits per heavy atom. The molecule has 5 nitrogen and oxygen atoms in total. The lowest BCUT2D eigenvalue weighted by Gasteiger charge is -2.32. The topological polar surface area (TPSA) is 64.2 Å². The molecular formula is C12H20N4O. The van der Waals surface area contributed by atoms with Crippen molar-refractivity contribution in [3.8, 4) is 0 Å². The molecule has 5 heteroatoms. The predicted molar refractivity (Wildman–Crippen MR) is 65.6 cm³/mol. The van der Waals surface area contributed by atoms with Gasteiger partial charge in [-0.15, -0.1) is 0 Å². The van der Waals surface area contributed by atoms with Crippen molar-refractivity contribution in [2.24, 2.45) is 5.73 Å². The minimum Gasteiger partial charge on any atom is -0.335 e. The molecule has 0 radical (unpaired) electrons. The summed E-state index contributed by atoms with van der Waals surface area (Å²) in [6.07, 6.45) is 6.87. The highest BCUT2D eigenvalue weighted by molar-refractivity contribution is 5.92. The lowest BCUT2D eigenvalue weighted by Crippen LogP contribution is -2.42. The van der Waals surface area contributed by atoms with Gasteiger partial charge in [-0.05, 0) is 26.2 Å². The first-order valence-corrected chi connectivity index (χ1v) is 6.25. The number of imidazole rings is 1. The summed E-state index contributed by atoms with van der Waals surface area (Å²) in [5.41, 5.74) is 6.00. The van der Waals surface area contributed by atoms with Crippen LogP contribution in [-0.4, -0.2) is 39.5 Å². The van der Waals surface area contributed by atoms with E-state index in [2.05, 4.69) is 11.9 Å². The van der Waals surface area contributed by atoms with Crippen LogP contribution in [0.4, 0.5) is 0 Å². The van der Waals surface area contributed by atoms with Crippen molar-refractivity contribution in [3.05, 3.63) is 18.2 Å². The van der Waals surface area contributed by atoms with E-state index in [4.69, 9.17) is 5.73 Å². The summed E-state index contributed by atoms with van der Waals surface area (Å²) in [5, 5.41) is 0. The van der Waals surface area contributed by atoms with E-state index in [9.17, 15) is 4.79 Å². The van der Waals surface area contributed by atoms with E-state index in [0.29, 0.717) is 24.8 Å². The summed E-state index contributed by atoms with van der Waals surface area (Å²) in [5.74, 6) is 0.0490. The number of piperidine rings is 1. The molecule has 1 amide bonds. The molecule has 1 aromatic rings. The fourth-order valence-electron chi connectivity index (χ4n) is 2.29. The van der Waals surface area contributed by atoms with Crippen molar-refractivity contribution in [1.29, 1.82) is 0 Å². The highest BCUT2D eigenvalue weighted by Gasteiger charge is 2.25. The van der Waals surface area contributed by atoms with Gasteiger partial charge in [0.1, 0.15) is 5.69 Å². The average molecular weight is 236 g/mol. The molecule has 0 spiro atoms. The number of likely N-dealkylation sites (tertiary alicyclic amines) is 1. The Bertz CT molecular complexity index is 388. The SMILES string of the molecule is CC1CCCCN1C(=O)c1cn(CCN)cn1. The fourth-order valence-corrected chi connectivity index (χ4v) is 2.29. The van der Waals surface area contributed by atoms with Crippen LogP contribution in [0.1, 0.15) is 36.7 Å². The molecule has 1 unspecified atom stereocenters. The number of rotatable bonds is 3. The Morgan fingerprint density at radius 2 is 2.41 bits per heavy atom. The Hall–Kier alpha value is -1.36. The van der Waals surface area contributed by atoms with E-state index >= 15 is 0 Å². The van der Waals surface area contributed by atoms with Gasteiger partial charge < -0.3 is 15.2 Å². The first kappa shape index (κ1) is 12.1. The van der Waals surface area contributed by atoms with Crippen LogP contribution in [0.25, 0.3) is 0 Å². The molecule has 2 rings (SSSR count). The van der Waals surface area contributed by atoms with Crippen LogP contribution < -0.4 is 5.73 Å². The Kier molecular flexibility index (Phi) is 3.78. The molecule has 0 bridgehead atoms. The summed E-state index contributed by atoms with van der Waals surface area (Å²) < 4.78 is 1.86. The van der Waals surface area contributed by atoms with Gasteiger partial charge in [-0.2, -0.15) is 0 Å². The molecule has 0 aliphatic carbocycles. The van der Waals surface area contributed by atoms with Crippen molar-refractivity contribution < 1.29 is 4.79 Å². The van der Waals surface area contributed by atoms with Crippen molar-refractivity contribution in [2.75, 3.05) is 13.1 Å². The van der Waals surface area contributed by atoms with Crippen LogP contribution in [0.2, 0.25) is 0 Å². The maximum absolute atomic E-state index is 12.2. The summed E-state index contributed by atoms with van der Waals surface area (Å²) in [6.45, 7) is 4.22. The smallest absolute Gasteiger partial charge is 0.274 e. The molecule has 1 saturated heterocycles. The van der Waals surface area contributed by atoms with Gasteiger partial charge in [0, 0.05) is 31.9 Å². The highest BCUT2D eigenvalue weighted by atomic mass is 16.2. The molecular weight excluding hydrogens is 216 g/mol. The molecule has 1 aliphatic rings. The number of nitrogens with zero attached hydrogens (tertiary/aromatic N) is 3. The van der Waals surface area contributed by atoms with Gasteiger partial charge >= 0.3 is 0 Å². The van der Waals surface area contributed by atoms with Crippen LogP contribution in [0.5, 0.6) is 0 Å². The molecule has 2 N–H and O–H groups in total. The summed E-state index contributed by atoms with van der Waals surface area (Å²) in [4.78, 5) is 18.3. The van der Waals surface area contributed by atoms with Gasteiger partial charge in [-0.25, -0.2) is 4.98 Å². The zero-order valence-electron chi connectivity index (χ0n) is 10.3. The number of carbonyl (C=O) groups is 1. The second kappa shape index (κ2) is 5.31. The van der Waals surface area contributed by atoms with E-state index < -0.39 is 0 Å². The van der Waals surface area contributed by atoms with Crippen molar-refractivity contribution in [3.63, 3.8) is 0 Å². The first-order valence-electron chi connectivity index (χ1n) is 6.25. The van der Waals surface area contributed by atoms with Gasteiger partial charge in [0.05, 0.1) is 6.33 Å². The second-order valence-electron chi connectivity index (χ2n) is 4.63. The number of amides is 1. The van der Waals surface area contributed by atoms with E-state index in [1.54, 1.807) is 12.5 Å². The predicted octanol–water partition coefficient (Wildman–Crippen LogP) is 0.856. The molecule has 94 valence electrons. The Morgan fingerprint density at radius 1 is 1.59 bits per heavy atom. The molecule has 2 heterocycles. The fraction of sp³-hybridized carbons (Fsp3) is 0.667. The average Bonchev–Trinajstić information content (AvgIpc) is 2.78. The number of aromatic nitrogens is 2. The zero-order chi connectivity index (χ0) is 12.3. The van der Waals surface area contributed by atoms with Crippen LogP contribution in [0.15, 0.2) is 12.5 Å². The third-order valence-electron chi connectivity index (χ3n) is 3.30. The highest BCUT2D eigenvalue weighted by Crippen LogP contribution is 2.18. The van der Waals surface area contributed by atoms with E-state index in [1.807, 2.05) is 9.47 Å². The Labute approximate surface area is 102 Å². The summed E-state index contributed by atoms with van der Waals surface area (Å²) >= 11 is 0. The molecule has 1 aromatic heterocycles. The lowest BCUT2D eigenvalue weighted by molar-refractivity contribution is 0.0630. The molecule has 1 atom stereocenters. The molecule has 1 aliphatic heterocycles. The van der Waals surface area contributed by atoms with Crippen LogP contribution in [0, 0.1) is 0 Å². The van der Waals surface area contributed by atoms with Gasteiger partial charge in [0.25, 0.3) is 5.91 Å². The number of hydrogen-bond acceptors (Lipinski definition) is 3. The van der Waals surface area contributed by atoms with Gasteiger partial charge in [0.15, 0.2) is 0 Å². The molecule has 1 fully saturated rings. The van der Waals surface area contributed by atoms with Gasteiger partial charge in [0.2, 0.25) is 0 Å². The van der Waals surface area contributed by atoms with Crippen molar-refractivity contribution in [2.45, 2.75) is 38.8 Å². The van der Waals surface area contributed by atoms with E-state index in [1.165, 1.54) is 6.42 Å². The quantitative estimate of drug-likeness (QED) is 0.846. The number of nitrogens with two attached hydrogens (primary N) is 1. The van der Waals surface area contributed by atoms with Crippen LogP contribution >= 0.6 is 0 Å². The maximum Gasteiger partial charge on any atom is 0.274 e. The summed E-state index contributed by atoms with van der Waals surface area (Å²) in [6, 6.07) is 0.330. The molecule has 0 saturated carbocycles. The summed E-state index contributed by atoms with van der Waals surface area (Å²) in [7, 11) is 0. The third-order valence-corrected chi connectivity index (χ3v) is 3.30. The zero-order valence-corrected chi connectivity index (χ0v) is 10.3. The largest absolute Gasteiger partial charge is 0.335 e. The van der Waals surface area contributed by atoms with Crippen LogP contribution in [0.3, 0.4) is 0 Å². The molecule has 0 aromatic carbocycles. The Balaban J connectivity index is 2.07. The first-order chi connectivity index (χ1) is 8.22. The normalized spacial score (nSPS) is 20.6. The van der Waals surface area contributed by atoms with E-state index in [0.717, 1.165) is 19.4 Å². The lowest BCUT2D eigenvalue weighted by atomic mass is 10.0. The number of hydrogen-bond donors (Lipinski definition) is 1.